The van der Waals surface area contributed by atoms with Crippen molar-refractivity contribution >= 4 is 11.6 Å². The molecule has 0 spiro atoms. The lowest BCUT2D eigenvalue weighted by Gasteiger charge is -2.11. The zero-order chi connectivity index (χ0) is 12.0. The Labute approximate surface area is 103 Å². The minimum atomic E-state index is 0.528. The highest BCUT2D eigenvalue weighted by Crippen LogP contribution is 2.22. The molecule has 0 aliphatic carbocycles. The van der Waals surface area contributed by atoms with Crippen molar-refractivity contribution in [1.29, 1.82) is 0 Å². The molecular weight excluding hydrogens is 222 g/mol. The molecule has 0 amide bonds. The lowest BCUT2D eigenvalue weighted by Crippen LogP contribution is -2.12. The normalized spacial score (nSPS) is 10.8. The molecule has 16 heavy (non-hydrogen) atoms. The van der Waals surface area contributed by atoms with E-state index in [-0.39, 0.29) is 0 Å². The van der Waals surface area contributed by atoms with Crippen molar-refractivity contribution in [2.75, 3.05) is 13.2 Å². The third-order valence-electron chi connectivity index (χ3n) is 2.17. The smallest absolute Gasteiger partial charge is 0.120 e. The van der Waals surface area contributed by atoms with Crippen LogP contribution in [-0.4, -0.2) is 13.2 Å². The molecule has 0 atom stereocenters. The zero-order valence-electron chi connectivity index (χ0n) is 10.2. The van der Waals surface area contributed by atoms with E-state index < -0.39 is 0 Å². The molecule has 1 rings (SSSR count). The van der Waals surface area contributed by atoms with Crippen LogP contribution < -0.4 is 10.1 Å². The van der Waals surface area contributed by atoms with Crippen LogP contribution in [0.4, 0.5) is 0 Å². The van der Waals surface area contributed by atoms with Gasteiger partial charge < -0.3 is 10.1 Å². The van der Waals surface area contributed by atoms with E-state index in [9.17, 15) is 0 Å². The van der Waals surface area contributed by atoms with E-state index in [1.807, 2.05) is 18.2 Å². The van der Waals surface area contributed by atoms with Gasteiger partial charge in [-0.1, -0.05) is 38.4 Å². The van der Waals surface area contributed by atoms with Gasteiger partial charge in [-0.25, -0.2) is 0 Å². The number of rotatable bonds is 6. The summed E-state index contributed by atoms with van der Waals surface area (Å²) in [6.07, 6.45) is 0. The Bertz CT molecular complexity index is 326. The molecule has 3 heteroatoms. The summed E-state index contributed by atoms with van der Waals surface area (Å²) in [6.45, 7) is 8.81. The van der Waals surface area contributed by atoms with Gasteiger partial charge >= 0.3 is 0 Å². The summed E-state index contributed by atoms with van der Waals surface area (Å²) in [6, 6.07) is 5.87. The van der Waals surface area contributed by atoms with Gasteiger partial charge in [0, 0.05) is 11.6 Å². The van der Waals surface area contributed by atoms with Gasteiger partial charge in [0.25, 0.3) is 0 Å². The molecule has 0 saturated heterocycles. The molecule has 90 valence electrons. The second-order valence-corrected chi connectivity index (χ2v) is 4.65. The third-order valence-corrected chi connectivity index (χ3v) is 2.53. The van der Waals surface area contributed by atoms with Crippen LogP contribution in [0.3, 0.4) is 0 Å². The summed E-state index contributed by atoms with van der Waals surface area (Å²) in [5.74, 6) is 1.37. The van der Waals surface area contributed by atoms with Crippen molar-refractivity contribution in [3.05, 3.63) is 28.8 Å². The molecule has 0 aliphatic rings. The van der Waals surface area contributed by atoms with Crippen LogP contribution in [0.15, 0.2) is 18.2 Å². The maximum Gasteiger partial charge on any atom is 0.120 e. The molecule has 0 radical (unpaired) electrons. The van der Waals surface area contributed by atoms with Gasteiger partial charge in [0.05, 0.1) is 6.61 Å². The summed E-state index contributed by atoms with van der Waals surface area (Å²) in [4.78, 5) is 0. The molecule has 0 bridgehead atoms. The minimum Gasteiger partial charge on any atom is -0.493 e. The molecule has 0 fully saturated rings. The molecule has 1 aromatic rings. The van der Waals surface area contributed by atoms with Gasteiger partial charge in [0.15, 0.2) is 0 Å². The molecule has 1 aromatic carbocycles. The van der Waals surface area contributed by atoms with Crippen LogP contribution >= 0.6 is 11.6 Å². The van der Waals surface area contributed by atoms with Crippen LogP contribution in [0, 0.1) is 5.92 Å². The fourth-order valence-corrected chi connectivity index (χ4v) is 1.52. The van der Waals surface area contributed by atoms with Crippen molar-refractivity contribution in [1.82, 2.24) is 5.32 Å². The van der Waals surface area contributed by atoms with Crippen molar-refractivity contribution in [2.45, 2.75) is 27.3 Å². The van der Waals surface area contributed by atoms with E-state index in [4.69, 9.17) is 16.3 Å². The van der Waals surface area contributed by atoms with E-state index in [0.29, 0.717) is 5.92 Å². The number of halogens is 1. The van der Waals surface area contributed by atoms with Gasteiger partial charge in [-0.15, -0.1) is 0 Å². The van der Waals surface area contributed by atoms with Crippen molar-refractivity contribution in [2.24, 2.45) is 5.92 Å². The molecule has 0 heterocycles. The van der Waals surface area contributed by atoms with Crippen LogP contribution in [0.25, 0.3) is 0 Å². The summed E-state index contributed by atoms with van der Waals surface area (Å²) in [5.41, 5.74) is 1.11. The van der Waals surface area contributed by atoms with Crippen LogP contribution in [-0.2, 0) is 6.54 Å². The van der Waals surface area contributed by atoms with E-state index in [1.165, 1.54) is 0 Å². The number of benzene rings is 1. The zero-order valence-corrected chi connectivity index (χ0v) is 11.0. The highest BCUT2D eigenvalue weighted by atomic mass is 35.5. The summed E-state index contributed by atoms with van der Waals surface area (Å²) >= 11 is 6.16. The van der Waals surface area contributed by atoms with E-state index in [2.05, 4.69) is 26.1 Å². The fourth-order valence-electron chi connectivity index (χ4n) is 1.28. The Kier molecular flexibility index (Phi) is 5.64. The maximum absolute atomic E-state index is 6.16. The van der Waals surface area contributed by atoms with Crippen molar-refractivity contribution < 1.29 is 4.74 Å². The van der Waals surface area contributed by atoms with Crippen LogP contribution in [0.2, 0.25) is 5.02 Å². The first-order valence-corrected chi connectivity index (χ1v) is 6.13. The molecule has 1 N–H and O–H groups in total. The summed E-state index contributed by atoms with van der Waals surface area (Å²) < 4.78 is 5.60. The van der Waals surface area contributed by atoms with Crippen molar-refractivity contribution in [3.8, 4) is 5.75 Å². The van der Waals surface area contributed by atoms with Gasteiger partial charge in [-0.3, -0.25) is 0 Å². The number of ether oxygens (including phenoxy) is 1. The van der Waals surface area contributed by atoms with Crippen LogP contribution in [0.5, 0.6) is 5.75 Å². The Morgan fingerprint density at radius 3 is 2.69 bits per heavy atom. The lowest BCUT2D eigenvalue weighted by molar-refractivity contribution is 0.271. The molecule has 2 nitrogen and oxygen atoms in total. The van der Waals surface area contributed by atoms with Crippen molar-refractivity contribution in [3.63, 3.8) is 0 Å². The Morgan fingerprint density at radius 2 is 2.12 bits per heavy atom. The molecular formula is C13H20ClNO. The monoisotopic (exact) mass is 241 g/mol. The third kappa shape index (κ3) is 4.42. The minimum absolute atomic E-state index is 0.528. The first kappa shape index (κ1) is 13.3. The average Bonchev–Trinajstić information content (AvgIpc) is 2.25. The van der Waals surface area contributed by atoms with Gasteiger partial charge in [0.2, 0.25) is 0 Å². The second-order valence-electron chi connectivity index (χ2n) is 4.24. The van der Waals surface area contributed by atoms with Gasteiger partial charge in [-0.2, -0.15) is 0 Å². The SMILES string of the molecule is CCNCc1ccc(OCC(C)C)cc1Cl. The van der Waals surface area contributed by atoms with E-state index >= 15 is 0 Å². The number of hydrogen-bond donors (Lipinski definition) is 1. The largest absolute Gasteiger partial charge is 0.493 e. The molecule has 0 unspecified atom stereocenters. The highest BCUT2D eigenvalue weighted by Gasteiger charge is 2.03. The van der Waals surface area contributed by atoms with E-state index in [0.717, 1.165) is 36.0 Å². The quantitative estimate of drug-likeness (QED) is 0.823. The topological polar surface area (TPSA) is 21.3 Å². The Balaban J connectivity index is 2.59. The average molecular weight is 242 g/mol. The van der Waals surface area contributed by atoms with Gasteiger partial charge in [-0.05, 0) is 30.2 Å². The number of nitrogens with one attached hydrogen (secondary N) is 1. The van der Waals surface area contributed by atoms with E-state index in [1.54, 1.807) is 0 Å². The molecule has 0 saturated carbocycles. The predicted molar refractivity (Wildman–Crippen MR) is 69.2 cm³/mol. The lowest BCUT2D eigenvalue weighted by atomic mass is 10.2. The number of hydrogen-bond acceptors (Lipinski definition) is 2. The first-order valence-electron chi connectivity index (χ1n) is 5.75. The Hall–Kier alpha value is -0.730. The van der Waals surface area contributed by atoms with Gasteiger partial charge in [0.1, 0.15) is 5.75 Å². The standard InChI is InChI=1S/C13H20ClNO/c1-4-15-8-11-5-6-12(7-13(11)14)16-9-10(2)3/h5-7,10,15H,4,8-9H2,1-3H3. The Morgan fingerprint density at radius 1 is 1.38 bits per heavy atom. The summed E-state index contributed by atoms with van der Waals surface area (Å²) in [5, 5.41) is 4.02. The molecule has 0 aliphatic heterocycles. The maximum atomic E-state index is 6.16. The first-order chi connectivity index (χ1) is 7.63. The second kappa shape index (κ2) is 6.77. The highest BCUT2D eigenvalue weighted by molar-refractivity contribution is 6.31. The predicted octanol–water partition coefficient (Wildman–Crippen LogP) is 3.48. The van der Waals surface area contributed by atoms with Crippen LogP contribution in [0.1, 0.15) is 26.3 Å². The fraction of sp³-hybridized carbons (Fsp3) is 0.538. The summed E-state index contributed by atoms with van der Waals surface area (Å²) in [7, 11) is 0. The molecule has 0 aromatic heterocycles.